The lowest BCUT2D eigenvalue weighted by molar-refractivity contribution is -0.121. The Morgan fingerprint density at radius 1 is 1.33 bits per heavy atom. The molecule has 2 aromatic rings. The van der Waals surface area contributed by atoms with Crippen LogP contribution in [-0.4, -0.2) is 40.3 Å². The molecule has 0 saturated heterocycles. The monoisotopic (exact) mass is 349 g/mol. The van der Waals surface area contributed by atoms with Crippen molar-refractivity contribution in [2.24, 2.45) is 7.05 Å². The van der Waals surface area contributed by atoms with Gasteiger partial charge in [0.1, 0.15) is 5.82 Å². The first kappa shape index (κ1) is 18.2. The van der Waals surface area contributed by atoms with E-state index in [9.17, 15) is 4.79 Å². The van der Waals surface area contributed by atoms with Crippen LogP contribution in [0, 0.1) is 0 Å². The van der Waals surface area contributed by atoms with Crippen molar-refractivity contribution < 1.29 is 9.53 Å². The Kier molecular flexibility index (Phi) is 6.95. The van der Waals surface area contributed by atoms with Crippen LogP contribution in [0.25, 0.3) is 11.0 Å². The van der Waals surface area contributed by atoms with E-state index in [4.69, 9.17) is 17.0 Å². The molecule has 0 bridgehead atoms. The standard InChI is InChI=1S/C16H23N5O2S/c1-3-23-10-6-9-17-16(24)20-19-15(22)11-14-18-12-7-4-5-8-13(12)21(14)2/h4-5,7-8H,3,6,9-11H2,1-2H3,(H,19,22)(H2,17,20,24). The van der Waals surface area contributed by atoms with Gasteiger partial charge in [-0.15, -0.1) is 0 Å². The van der Waals surface area contributed by atoms with Gasteiger partial charge in [-0.1, -0.05) is 12.1 Å². The molecule has 1 heterocycles. The molecule has 0 atom stereocenters. The van der Waals surface area contributed by atoms with E-state index in [-0.39, 0.29) is 12.3 Å². The van der Waals surface area contributed by atoms with E-state index in [2.05, 4.69) is 21.2 Å². The van der Waals surface area contributed by atoms with E-state index < -0.39 is 0 Å². The second-order valence-electron chi connectivity index (χ2n) is 5.23. The Labute approximate surface area is 146 Å². The van der Waals surface area contributed by atoms with Crippen molar-refractivity contribution >= 4 is 34.3 Å². The second kappa shape index (κ2) is 9.19. The van der Waals surface area contributed by atoms with Crippen molar-refractivity contribution in [2.45, 2.75) is 19.8 Å². The number of fused-ring (bicyclic) bond motifs is 1. The molecule has 0 unspecified atom stereocenters. The maximum Gasteiger partial charge on any atom is 0.245 e. The van der Waals surface area contributed by atoms with Crippen LogP contribution < -0.4 is 16.2 Å². The number of aromatic nitrogens is 2. The fraction of sp³-hybridized carbons (Fsp3) is 0.438. The van der Waals surface area contributed by atoms with Gasteiger partial charge >= 0.3 is 0 Å². The summed E-state index contributed by atoms with van der Waals surface area (Å²) in [6, 6.07) is 7.78. The third-order valence-corrected chi connectivity index (χ3v) is 3.72. The summed E-state index contributed by atoms with van der Waals surface area (Å²) in [6.45, 7) is 4.04. The van der Waals surface area contributed by atoms with Gasteiger partial charge in [0.25, 0.3) is 0 Å². The van der Waals surface area contributed by atoms with Crippen molar-refractivity contribution in [3.8, 4) is 0 Å². The molecular formula is C16H23N5O2S. The van der Waals surface area contributed by atoms with E-state index in [0.29, 0.717) is 30.7 Å². The minimum absolute atomic E-state index is 0.172. The summed E-state index contributed by atoms with van der Waals surface area (Å²) in [4.78, 5) is 16.5. The summed E-state index contributed by atoms with van der Waals surface area (Å²) in [6.07, 6.45) is 1.02. The molecule has 3 N–H and O–H groups in total. The smallest absolute Gasteiger partial charge is 0.245 e. The van der Waals surface area contributed by atoms with Gasteiger partial charge in [-0.25, -0.2) is 4.98 Å². The molecule has 1 aromatic heterocycles. The van der Waals surface area contributed by atoms with Crippen LogP contribution in [0.4, 0.5) is 0 Å². The van der Waals surface area contributed by atoms with Gasteiger partial charge in [-0.05, 0) is 37.7 Å². The van der Waals surface area contributed by atoms with Crippen LogP contribution in [0.5, 0.6) is 0 Å². The predicted molar refractivity (Wildman–Crippen MR) is 97.4 cm³/mol. The topological polar surface area (TPSA) is 80.2 Å². The van der Waals surface area contributed by atoms with Crippen molar-refractivity contribution in [3.63, 3.8) is 0 Å². The first-order valence-corrected chi connectivity index (χ1v) is 8.33. The highest BCUT2D eigenvalue weighted by Gasteiger charge is 2.11. The number of para-hydroxylation sites is 2. The van der Waals surface area contributed by atoms with Crippen LogP contribution in [-0.2, 0) is 23.0 Å². The Morgan fingerprint density at radius 2 is 2.12 bits per heavy atom. The SMILES string of the molecule is CCOCCCNC(=S)NNC(=O)Cc1nc2ccccc2n1C. The molecule has 0 aliphatic carbocycles. The zero-order chi connectivity index (χ0) is 17.4. The van der Waals surface area contributed by atoms with E-state index >= 15 is 0 Å². The van der Waals surface area contributed by atoms with Crippen molar-refractivity contribution in [1.82, 2.24) is 25.7 Å². The zero-order valence-corrected chi connectivity index (χ0v) is 14.8. The number of thiocarbonyl (C=S) groups is 1. The average Bonchev–Trinajstić information content (AvgIpc) is 2.89. The fourth-order valence-electron chi connectivity index (χ4n) is 2.23. The number of amides is 1. The molecule has 0 aliphatic rings. The lowest BCUT2D eigenvalue weighted by Gasteiger charge is -2.11. The van der Waals surface area contributed by atoms with Crippen molar-refractivity contribution in [3.05, 3.63) is 30.1 Å². The number of aryl methyl sites for hydroxylation is 1. The predicted octanol–water partition coefficient (Wildman–Crippen LogP) is 1.04. The highest BCUT2D eigenvalue weighted by atomic mass is 32.1. The number of nitrogens with zero attached hydrogens (tertiary/aromatic N) is 2. The Morgan fingerprint density at radius 3 is 2.88 bits per heavy atom. The lowest BCUT2D eigenvalue weighted by Crippen LogP contribution is -2.47. The fourth-order valence-corrected chi connectivity index (χ4v) is 2.39. The van der Waals surface area contributed by atoms with Gasteiger partial charge in [0.2, 0.25) is 5.91 Å². The third-order valence-electron chi connectivity index (χ3n) is 3.47. The Hall–Kier alpha value is -2.19. The van der Waals surface area contributed by atoms with Gasteiger partial charge in [0.15, 0.2) is 5.11 Å². The van der Waals surface area contributed by atoms with E-state index in [0.717, 1.165) is 17.5 Å². The first-order valence-electron chi connectivity index (χ1n) is 7.92. The maximum absolute atomic E-state index is 12.0. The van der Waals surface area contributed by atoms with Crippen LogP contribution in [0.2, 0.25) is 0 Å². The van der Waals surface area contributed by atoms with Gasteiger partial charge in [-0.2, -0.15) is 0 Å². The first-order chi connectivity index (χ1) is 11.6. The van der Waals surface area contributed by atoms with Gasteiger partial charge in [-0.3, -0.25) is 15.6 Å². The number of rotatable bonds is 7. The highest BCUT2D eigenvalue weighted by Crippen LogP contribution is 2.14. The molecule has 24 heavy (non-hydrogen) atoms. The summed E-state index contributed by atoms with van der Waals surface area (Å²) >= 11 is 5.09. The molecule has 2 rings (SSSR count). The molecule has 0 spiro atoms. The third kappa shape index (κ3) is 5.17. The zero-order valence-electron chi connectivity index (χ0n) is 14.0. The van der Waals surface area contributed by atoms with Crippen LogP contribution in [0.15, 0.2) is 24.3 Å². The number of nitrogens with one attached hydrogen (secondary N) is 3. The van der Waals surface area contributed by atoms with Crippen LogP contribution in [0.3, 0.4) is 0 Å². The molecule has 130 valence electrons. The number of benzene rings is 1. The summed E-state index contributed by atoms with van der Waals surface area (Å²) < 4.78 is 7.15. The Bertz CT molecular complexity index is 701. The normalized spacial score (nSPS) is 10.6. The highest BCUT2D eigenvalue weighted by molar-refractivity contribution is 7.80. The molecule has 0 aliphatic heterocycles. The molecule has 0 fully saturated rings. The lowest BCUT2D eigenvalue weighted by atomic mass is 10.3. The molecular weight excluding hydrogens is 326 g/mol. The van der Waals surface area contributed by atoms with Gasteiger partial charge < -0.3 is 14.6 Å². The number of carbonyl (C=O) groups excluding carboxylic acids is 1. The summed E-state index contributed by atoms with van der Waals surface area (Å²) in [5, 5.41) is 3.38. The minimum atomic E-state index is -0.202. The van der Waals surface area contributed by atoms with E-state index in [1.165, 1.54) is 0 Å². The summed E-state index contributed by atoms with van der Waals surface area (Å²) in [5.41, 5.74) is 7.14. The molecule has 7 nitrogen and oxygen atoms in total. The van der Waals surface area contributed by atoms with Gasteiger partial charge in [0.05, 0.1) is 17.5 Å². The minimum Gasteiger partial charge on any atom is -0.382 e. The van der Waals surface area contributed by atoms with Crippen LogP contribution in [0.1, 0.15) is 19.2 Å². The summed E-state index contributed by atoms with van der Waals surface area (Å²) in [7, 11) is 1.90. The maximum atomic E-state index is 12.0. The molecule has 0 saturated carbocycles. The van der Waals surface area contributed by atoms with E-state index in [1.807, 2.05) is 42.8 Å². The number of hydrogen-bond acceptors (Lipinski definition) is 4. The molecule has 8 heteroatoms. The second-order valence-corrected chi connectivity index (χ2v) is 5.64. The number of hydrazine groups is 1. The van der Waals surface area contributed by atoms with Gasteiger partial charge in [0, 0.05) is 26.8 Å². The van der Waals surface area contributed by atoms with Crippen molar-refractivity contribution in [1.29, 1.82) is 0 Å². The number of hydrogen-bond donors (Lipinski definition) is 3. The Balaban J connectivity index is 1.74. The molecule has 1 amide bonds. The van der Waals surface area contributed by atoms with Crippen LogP contribution >= 0.6 is 12.2 Å². The number of carbonyl (C=O) groups is 1. The van der Waals surface area contributed by atoms with Crippen molar-refractivity contribution in [2.75, 3.05) is 19.8 Å². The number of ether oxygens (including phenoxy) is 1. The number of imidazole rings is 1. The summed E-state index contributed by atoms with van der Waals surface area (Å²) in [5.74, 6) is 0.498. The quantitative estimate of drug-likeness (QED) is 0.394. The molecule has 1 aromatic carbocycles. The largest absolute Gasteiger partial charge is 0.382 e. The average molecular weight is 349 g/mol. The van der Waals surface area contributed by atoms with E-state index in [1.54, 1.807) is 0 Å². The molecule has 0 radical (unpaired) electrons.